The molecule has 7 heteroatoms. The number of pyridine rings is 1. The zero-order valence-corrected chi connectivity index (χ0v) is 11.3. The van der Waals surface area contributed by atoms with E-state index in [1.807, 2.05) is 0 Å². The van der Waals surface area contributed by atoms with Crippen LogP contribution in [-0.4, -0.2) is 32.7 Å². The van der Waals surface area contributed by atoms with Crippen LogP contribution in [0.2, 0.25) is 0 Å². The van der Waals surface area contributed by atoms with Crippen molar-refractivity contribution in [3.05, 3.63) is 18.3 Å². The van der Waals surface area contributed by atoms with Crippen molar-refractivity contribution in [3.63, 3.8) is 0 Å². The van der Waals surface area contributed by atoms with Crippen molar-refractivity contribution in [1.82, 2.24) is 4.98 Å². The second-order valence-corrected chi connectivity index (χ2v) is 6.64. The van der Waals surface area contributed by atoms with Gasteiger partial charge in [0, 0.05) is 23.4 Å². The van der Waals surface area contributed by atoms with E-state index in [1.165, 1.54) is 18.3 Å². The molecular weight excluding hydrogens is 278 g/mol. The molecule has 1 atom stereocenters. The van der Waals surface area contributed by atoms with Crippen molar-refractivity contribution in [3.8, 4) is 5.88 Å². The van der Waals surface area contributed by atoms with Crippen LogP contribution in [0.3, 0.4) is 0 Å². The Morgan fingerprint density at radius 1 is 1.44 bits per heavy atom. The third-order valence-electron chi connectivity index (χ3n) is 2.68. The Balaban J connectivity index is 1.90. The van der Waals surface area contributed by atoms with Gasteiger partial charge >= 0.3 is 0 Å². The van der Waals surface area contributed by atoms with E-state index in [4.69, 9.17) is 20.2 Å². The molecule has 0 saturated carbocycles. The molecule has 1 aliphatic heterocycles. The zero-order chi connectivity index (χ0) is 13.0. The van der Waals surface area contributed by atoms with Crippen LogP contribution in [-0.2, 0) is 13.8 Å². The summed E-state index contributed by atoms with van der Waals surface area (Å²) in [5, 5.41) is 0. The Morgan fingerprint density at radius 3 is 2.83 bits per heavy atom. The molecule has 0 radical (unpaired) electrons. The lowest BCUT2D eigenvalue weighted by atomic mass is 10.1. The molecule has 0 aromatic carbocycles. The lowest BCUT2D eigenvalue weighted by Gasteiger charge is -2.22. The first-order valence-corrected chi connectivity index (χ1v) is 8.02. The Labute approximate surface area is 110 Å². The molecule has 0 bridgehead atoms. The van der Waals surface area contributed by atoms with Gasteiger partial charge in [-0.3, -0.25) is 0 Å². The van der Waals surface area contributed by atoms with Crippen molar-refractivity contribution in [2.75, 3.05) is 13.2 Å². The van der Waals surface area contributed by atoms with Crippen molar-refractivity contribution in [2.24, 2.45) is 0 Å². The maximum Gasteiger partial charge on any atom is 0.262 e. The van der Waals surface area contributed by atoms with E-state index in [0.717, 1.165) is 25.9 Å². The molecule has 1 aromatic heterocycles. The number of hydrogen-bond acceptors (Lipinski definition) is 5. The van der Waals surface area contributed by atoms with E-state index in [1.54, 1.807) is 0 Å². The van der Waals surface area contributed by atoms with E-state index >= 15 is 0 Å². The molecule has 1 fully saturated rings. The van der Waals surface area contributed by atoms with Crippen molar-refractivity contribution < 1.29 is 17.9 Å². The summed E-state index contributed by atoms with van der Waals surface area (Å²) in [5.74, 6) is 0.369. The summed E-state index contributed by atoms with van der Waals surface area (Å²) in [5.41, 5.74) is 0. The second kappa shape index (κ2) is 5.86. The summed E-state index contributed by atoms with van der Waals surface area (Å²) in [6.45, 7) is 1.20. The van der Waals surface area contributed by atoms with Crippen LogP contribution in [0.5, 0.6) is 5.88 Å². The van der Waals surface area contributed by atoms with Gasteiger partial charge in [-0.2, -0.15) is 0 Å². The Kier molecular flexibility index (Phi) is 4.42. The third-order valence-corrected chi connectivity index (χ3v) is 4.02. The summed E-state index contributed by atoms with van der Waals surface area (Å²) >= 11 is 0. The summed E-state index contributed by atoms with van der Waals surface area (Å²) in [6, 6.07) is 2.85. The maximum atomic E-state index is 11.0. The zero-order valence-electron chi connectivity index (χ0n) is 9.71. The van der Waals surface area contributed by atoms with Gasteiger partial charge in [0.25, 0.3) is 9.05 Å². The fraction of sp³-hybridized carbons (Fsp3) is 0.545. The number of nitrogens with zero attached hydrogens (tertiary/aromatic N) is 1. The van der Waals surface area contributed by atoms with E-state index in [9.17, 15) is 8.42 Å². The minimum absolute atomic E-state index is 0.0366. The normalized spacial score (nSPS) is 20.6. The van der Waals surface area contributed by atoms with Crippen molar-refractivity contribution >= 4 is 19.7 Å². The van der Waals surface area contributed by atoms with Crippen LogP contribution in [0.25, 0.3) is 0 Å². The van der Waals surface area contributed by atoms with Gasteiger partial charge in [0.2, 0.25) is 5.88 Å². The number of halogens is 1. The van der Waals surface area contributed by atoms with E-state index < -0.39 is 9.05 Å². The van der Waals surface area contributed by atoms with Crippen molar-refractivity contribution in [1.29, 1.82) is 0 Å². The van der Waals surface area contributed by atoms with Crippen LogP contribution in [0.15, 0.2) is 23.2 Å². The molecule has 1 aromatic rings. The van der Waals surface area contributed by atoms with Crippen LogP contribution in [0.4, 0.5) is 0 Å². The first-order chi connectivity index (χ1) is 8.55. The molecule has 100 valence electrons. The van der Waals surface area contributed by atoms with Gasteiger partial charge in [-0.05, 0) is 25.3 Å². The van der Waals surface area contributed by atoms with E-state index in [-0.39, 0.29) is 11.0 Å². The number of ether oxygens (including phenoxy) is 2. The molecule has 2 heterocycles. The average molecular weight is 292 g/mol. The smallest absolute Gasteiger partial charge is 0.262 e. The summed E-state index contributed by atoms with van der Waals surface area (Å²) in [7, 11) is 1.46. The highest BCUT2D eigenvalue weighted by Gasteiger charge is 2.15. The highest BCUT2D eigenvalue weighted by Crippen LogP contribution is 2.18. The minimum Gasteiger partial charge on any atom is -0.475 e. The number of rotatable bonds is 4. The molecule has 5 nitrogen and oxygen atoms in total. The third kappa shape index (κ3) is 3.83. The fourth-order valence-corrected chi connectivity index (χ4v) is 2.40. The summed E-state index contributed by atoms with van der Waals surface area (Å²) < 4.78 is 33.0. The quantitative estimate of drug-likeness (QED) is 0.793. The summed E-state index contributed by atoms with van der Waals surface area (Å²) in [6.07, 6.45) is 4.49. The topological polar surface area (TPSA) is 65.5 Å². The highest BCUT2D eigenvalue weighted by atomic mass is 35.7. The number of aromatic nitrogens is 1. The monoisotopic (exact) mass is 291 g/mol. The van der Waals surface area contributed by atoms with Gasteiger partial charge in [0.05, 0.1) is 12.3 Å². The van der Waals surface area contributed by atoms with Gasteiger partial charge in [0.15, 0.2) is 0 Å². The highest BCUT2D eigenvalue weighted by molar-refractivity contribution is 8.13. The molecule has 2 rings (SSSR count). The lowest BCUT2D eigenvalue weighted by molar-refractivity contribution is -0.0119. The minimum atomic E-state index is -3.73. The van der Waals surface area contributed by atoms with Gasteiger partial charge in [-0.1, -0.05) is 0 Å². The standard InChI is InChI=1S/C11H14ClNO4S/c12-18(14,15)10-4-5-11(13-7-10)17-8-9-3-1-2-6-16-9/h4-5,7,9H,1-3,6,8H2. The van der Waals surface area contributed by atoms with Crippen LogP contribution in [0, 0.1) is 0 Å². The molecule has 18 heavy (non-hydrogen) atoms. The molecule has 1 aliphatic rings. The molecular formula is C11H14ClNO4S. The first kappa shape index (κ1) is 13.6. The van der Waals surface area contributed by atoms with Crippen LogP contribution in [0.1, 0.15) is 19.3 Å². The Hall–Kier alpha value is -0.850. The number of hydrogen-bond donors (Lipinski definition) is 0. The second-order valence-electron chi connectivity index (χ2n) is 4.07. The molecule has 0 spiro atoms. The Morgan fingerprint density at radius 2 is 2.28 bits per heavy atom. The van der Waals surface area contributed by atoms with Crippen molar-refractivity contribution in [2.45, 2.75) is 30.3 Å². The largest absolute Gasteiger partial charge is 0.475 e. The SMILES string of the molecule is O=S(=O)(Cl)c1ccc(OCC2CCCCO2)nc1. The predicted molar refractivity (Wildman–Crippen MR) is 66.4 cm³/mol. The molecule has 0 amide bonds. The summed E-state index contributed by atoms with van der Waals surface area (Å²) in [4.78, 5) is 3.85. The molecule has 1 saturated heterocycles. The van der Waals surface area contributed by atoms with Crippen LogP contribution < -0.4 is 4.74 Å². The average Bonchev–Trinajstić information content (AvgIpc) is 2.37. The Bertz CT molecular complexity index is 482. The predicted octanol–water partition coefficient (Wildman–Crippen LogP) is 1.96. The van der Waals surface area contributed by atoms with Crippen LogP contribution >= 0.6 is 10.7 Å². The molecule has 0 aliphatic carbocycles. The van der Waals surface area contributed by atoms with E-state index in [2.05, 4.69) is 4.98 Å². The fourth-order valence-electron chi connectivity index (χ4n) is 1.71. The molecule has 0 N–H and O–H groups in total. The lowest BCUT2D eigenvalue weighted by Crippen LogP contribution is -2.25. The first-order valence-electron chi connectivity index (χ1n) is 5.71. The van der Waals surface area contributed by atoms with Gasteiger partial charge in [0.1, 0.15) is 11.5 Å². The van der Waals surface area contributed by atoms with Gasteiger partial charge < -0.3 is 9.47 Å². The molecule has 1 unspecified atom stereocenters. The van der Waals surface area contributed by atoms with Gasteiger partial charge in [-0.25, -0.2) is 13.4 Å². The maximum absolute atomic E-state index is 11.0. The van der Waals surface area contributed by atoms with Gasteiger partial charge in [-0.15, -0.1) is 0 Å². The van der Waals surface area contributed by atoms with E-state index in [0.29, 0.717) is 12.5 Å².